The molecule has 0 aromatic rings. The highest BCUT2D eigenvalue weighted by Crippen LogP contribution is 2.07. The Morgan fingerprint density at radius 1 is 1.78 bits per heavy atom. The van der Waals surface area contributed by atoms with Gasteiger partial charge in [0.2, 0.25) is 0 Å². The predicted octanol–water partition coefficient (Wildman–Crippen LogP) is 1.45. The zero-order chi connectivity index (χ0) is 7.44. The van der Waals surface area contributed by atoms with Gasteiger partial charge in [0, 0.05) is 11.5 Å². The fraction of sp³-hybridized carbons (Fsp3) is 0.286. The molecule has 9 heavy (non-hydrogen) atoms. The molecular weight excluding hydrogens is 116 g/mol. The lowest BCUT2D eigenvalue weighted by Crippen LogP contribution is -2.05. The Morgan fingerprint density at radius 2 is 2.22 bits per heavy atom. The van der Waals surface area contributed by atoms with Crippen LogP contribution in [0.5, 0.6) is 0 Å². The van der Waals surface area contributed by atoms with Gasteiger partial charge in [0.25, 0.3) is 0 Å². The van der Waals surface area contributed by atoms with E-state index in [0.717, 1.165) is 0 Å². The summed E-state index contributed by atoms with van der Waals surface area (Å²) in [6.45, 7) is 8.53. The number of carbonyl (C=O) groups is 1. The average molecular weight is 126 g/mol. The molecule has 1 unspecified atom stereocenters. The summed E-state index contributed by atoms with van der Waals surface area (Å²) in [4.78, 5) is 10.2. The van der Waals surface area contributed by atoms with Crippen LogP contribution >= 0.6 is 0 Å². The Balaban J connectivity index is 4.03. The molecule has 0 aliphatic carbocycles. The van der Waals surface area contributed by atoms with Gasteiger partial charge in [-0.2, -0.15) is 0 Å². The largest absolute Gasteiger partial charge is 0.478 e. The van der Waals surface area contributed by atoms with E-state index in [9.17, 15) is 4.79 Å². The first-order valence-electron chi connectivity index (χ1n) is 2.64. The van der Waals surface area contributed by atoms with Gasteiger partial charge in [-0.25, -0.2) is 4.79 Å². The van der Waals surface area contributed by atoms with Crippen molar-refractivity contribution in [2.24, 2.45) is 5.92 Å². The van der Waals surface area contributed by atoms with E-state index in [-0.39, 0.29) is 11.5 Å². The van der Waals surface area contributed by atoms with E-state index in [1.54, 1.807) is 13.0 Å². The summed E-state index contributed by atoms with van der Waals surface area (Å²) in [5.41, 5.74) is 0.185. The third kappa shape index (κ3) is 2.13. The summed E-state index contributed by atoms with van der Waals surface area (Å²) in [5, 5.41) is 8.34. The lowest BCUT2D eigenvalue weighted by molar-refractivity contribution is -0.133. The highest BCUT2D eigenvalue weighted by atomic mass is 16.4. The predicted molar refractivity (Wildman–Crippen MR) is 36.1 cm³/mol. The molecule has 0 aromatic carbocycles. The number of carboxylic acid groups (broad SMARTS) is 1. The molecule has 0 radical (unpaired) electrons. The van der Waals surface area contributed by atoms with Crippen molar-refractivity contribution >= 4 is 5.97 Å². The molecule has 0 bridgehead atoms. The molecule has 0 rings (SSSR count). The van der Waals surface area contributed by atoms with Crippen molar-refractivity contribution in [1.82, 2.24) is 0 Å². The average Bonchev–Trinajstić information content (AvgIpc) is 1.84. The molecule has 0 saturated heterocycles. The number of carboxylic acids is 1. The van der Waals surface area contributed by atoms with E-state index in [1.165, 1.54) is 0 Å². The van der Waals surface area contributed by atoms with E-state index in [0.29, 0.717) is 0 Å². The molecule has 0 heterocycles. The first-order valence-corrected chi connectivity index (χ1v) is 2.64. The second-order valence-electron chi connectivity index (χ2n) is 1.85. The van der Waals surface area contributed by atoms with E-state index < -0.39 is 5.97 Å². The quantitative estimate of drug-likeness (QED) is 0.459. The van der Waals surface area contributed by atoms with E-state index in [4.69, 9.17) is 5.11 Å². The lowest BCUT2D eigenvalue weighted by atomic mass is 10.0. The molecule has 0 aliphatic heterocycles. The third-order valence-corrected chi connectivity index (χ3v) is 1.18. The Morgan fingerprint density at radius 3 is 2.33 bits per heavy atom. The fourth-order valence-electron chi connectivity index (χ4n) is 0.337. The van der Waals surface area contributed by atoms with Crippen molar-refractivity contribution in [2.75, 3.05) is 0 Å². The summed E-state index contributed by atoms with van der Waals surface area (Å²) >= 11 is 0. The summed E-state index contributed by atoms with van der Waals surface area (Å²) in [5.74, 6) is -1.09. The highest BCUT2D eigenvalue weighted by Gasteiger charge is 2.08. The Labute approximate surface area is 54.5 Å². The second-order valence-corrected chi connectivity index (χ2v) is 1.85. The maximum atomic E-state index is 10.2. The van der Waals surface area contributed by atoms with Crippen LogP contribution in [0.25, 0.3) is 0 Å². The summed E-state index contributed by atoms with van der Waals surface area (Å²) in [6.07, 6.45) is 1.55. The smallest absolute Gasteiger partial charge is 0.331 e. The molecule has 2 heteroatoms. The minimum Gasteiger partial charge on any atom is -0.478 e. The Kier molecular flexibility index (Phi) is 2.71. The Bertz CT molecular complexity index is 147. The number of hydrogen-bond donors (Lipinski definition) is 1. The molecule has 0 fully saturated rings. The molecule has 0 spiro atoms. The molecule has 0 amide bonds. The van der Waals surface area contributed by atoms with Crippen LogP contribution in [0.4, 0.5) is 0 Å². The summed E-state index contributed by atoms with van der Waals surface area (Å²) < 4.78 is 0. The van der Waals surface area contributed by atoms with Crippen LogP contribution in [0, 0.1) is 5.92 Å². The third-order valence-electron chi connectivity index (χ3n) is 1.18. The maximum Gasteiger partial charge on any atom is 0.331 e. The zero-order valence-electron chi connectivity index (χ0n) is 5.42. The Hall–Kier alpha value is -1.05. The summed E-state index contributed by atoms with van der Waals surface area (Å²) in [6, 6.07) is 0. The van der Waals surface area contributed by atoms with Crippen molar-refractivity contribution in [3.63, 3.8) is 0 Å². The van der Waals surface area contributed by atoms with Gasteiger partial charge >= 0.3 is 5.97 Å². The SMILES string of the molecule is C=CC(C)C(=C)C(=O)O. The van der Waals surface area contributed by atoms with Crippen LogP contribution in [-0.4, -0.2) is 11.1 Å². The molecule has 1 N–H and O–H groups in total. The number of rotatable bonds is 3. The van der Waals surface area contributed by atoms with Gasteiger partial charge < -0.3 is 5.11 Å². The van der Waals surface area contributed by atoms with Crippen molar-refractivity contribution < 1.29 is 9.90 Å². The van der Waals surface area contributed by atoms with Crippen LogP contribution in [0.3, 0.4) is 0 Å². The van der Waals surface area contributed by atoms with E-state index in [2.05, 4.69) is 13.2 Å². The lowest BCUT2D eigenvalue weighted by Gasteiger charge is -2.02. The van der Waals surface area contributed by atoms with Crippen molar-refractivity contribution in [2.45, 2.75) is 6.92 Å². The highest BCUT2D eigenvalue weighted by molar-refractivity contribution is 5.86. The van der Waals surface area contributed by atoms with Crippen LogP contribution in [0.2, 0.25) is 0 Å². The minimum atomic E-state index is -0.956. The van der Waals surface area contributed by atoms with Crippen LogP contribution < -0.4 is 0 Å². The van der Waals surface area contributed by atoms with Crippen LogP contribution in [0.1, 0.15) is 6.92 Å². The molecule has 0 aliphatic rings. The van der Waals surface area contributed by atoms with Crippen molar-refractivity contribution in [3.8, 4) is 0 Å². The fourth-order valence-corrected chi connectivity index (χ4v) is 0.337. The molecule has 1 atom stereocenters. The van der Waals surface area contributed by atoms with E-state index in [1.807, 2.05) is 0 Å². The van der Waals surface area contributed by atoms with Gasteiger partial charge in [0.15, 0.2) is 0 Å². The number of allylic oxidation sites excluding steroid dienone is 1. The minimum absolute atomic E-state index is 0.137. The van der Waals surface area contributed by atoms with Crippen molar-refractivity contribution in [1.29, 1.82) is 0 Å². The first kappa shape index (κ1) is 7.95. The molecular formula is C7H10O2. The van der Waals surface area contributed by atoms with Crippen molar-refractivity contribution in [3.05, 3.63) is 24.8 Å². The van der Waals surface area contributed by atoms with E-state index >= 15 is 0 Å². The standard InChI is InChI=1S/C7H10O2/c1-4-5(2)6(3)7(8)9/h4-5H,1,3H2,2H3,(H,8,9). The molecule has 0 aromatic heterocycles. The number of hydrogen-bond acceptors (Lipinski definition) is 1. The summed E-state index contributed by atoms with van der Waals surface area (Å²) in [7, 11) is 0. The molecule has 2 nitrogen and oxygen atoms in total. The second kappa shape index (κ2) is 3.07. The van der Waals surface area contributed by atoms with Gasteiger partial charge in [-0.3, -0.25) is 0 Å². The normalized spacial score (nSPS) is 12.1. The molecule has 50 valence electrons. The first-order chi connectivity index (χ1) is 4.09. The number of aliphatic carboxylic acids is 1. The topological polar surface area (TPSA) is 37.3 Å². The zero-order valence-corrected chi connectivity index (χ0v) is 5.42. The maximum absolute atomic E-state index is 10.2. The van der Waals surface area contributed by atoms with Gasteiger partial charge in [-0.15, -0.1) is 6.58 Å². The van der Waals surface area contributed by atoms with Gasteiger partial charge in [0.05, 0.1) is 0 Å². The van der Waals surface area contributed by atoms with Gasteiger partial charge in [-0.05, 0) is 0 Å². The van der Waals surface area contributed by atoms with Gasteiger partial charge in [-0.1, -0.05) is 19.6 Å². The monoisotopic (exact) mass is 126 g/mol. The van der Waals surface area contributed by atoms with Crippen LogP contribution in [-0.2, 0) is 4.79 Å². The van der Waals surface area contributed by atoms with Gasteiger partial charge in [0.1, 0.15) is 0 Å². The van der Waals surface area contributed by atoms with Crippen LogP contribution in [0.15, 0.2) is 24.8 Å². The molecule has 0 saturated carbocycles.